The van der Waals surface area contributed by atoms with Crippen molar-refractivity contribution in [1.29, 1.82) is 0 Å². The summed E-state index contributed by atoms with van der Waals surface area (Å²) in [5.41, 5.74) is 2.70. The van der Waals surface area contributed by atoms with Crippen LogP contribution in [0.2, 0.25) is 0 Å². The third-order valence-electron chi connectivity index (χ3n) is 3.07. The molecule has 1 N–H and O–H groups in total. The molecule has 0 aromatic heterocycles. The molecule has 1 saturated heterocycles. The number of anilines is 1. The van der Waals surface area contributed by atoms with Crippen LogP contribution in [0.25, 0.3) is 11.1 Å². The van der Waals surface area contributed by atoms with Crippen LogP contribution in [0.3, 0.4) is 0 Å². The first kappa shape index (κ1) is 11.5. The molecule has 3 amide bonds. The van der Waals surface area contributed by atoms with Gasteiger partial charge in [0.05, 0.1) is 5.69 Å². The predicted octanol–water partition coefficient (Wildman–Crippen LogP) is 2.41. The van der Waals surface area contributed by atoms with Gasteiger partial charge < -0.3 is 0 Å². The number of hydrogen-bond donors (Lipinski definition) is 1. The van der Waals surface area contributed by atoms with Gasteiger partial charge in [0.25, 0.3) is 0 Å². The summed E-state index contributed by atoms with van der Waals surface area (Å²) in [6.45, 7) is 0.0721. The number of para-hydroxylation sites is 1. The van der Waals surface area contributed by atoms with Crippen molar-refractivity contribution in [1.82, 2.24) is 5.32 Å². The second kappa shape index (κ2) is 4.57. The molecule has 0 atom stereocenters. The Hall–Kier alpha value is -2.62. The first-order chi connectivity index (χ1) is 9.25. The van der Waals surface area contributed by atoms with Gasteiger partial charge in [-0.3, -0.25) is 15.0 Å². The number of hydrogen-bond acceptors (Lipinski definition) is 2. The van der Waals surface area contributed by atoms with E-state index in [4.69, 9.17) is 0 Å². The molecule has 1 heterocycles. The highest BCUT2D eigenvalue weighted by atomic mass is 16.2. The molecule has 1 fully saturated rings. The summed E-state index contributed by atoms with van der Waals surface area (Å²) in [6.07, 6.45) is 0. The summed E-state index contributed by atoms with van der Waals surface area (Å²) < 4.78 is 0. The Morgan fingerprint density at radius 2 is 1.58 bits per heavy atom. The van der Waals surface area contributed by atoms with E-state index in [0.717, 1.165) is 16.8 Å². The molecule has 94 valence electrons. The Bertz CT molecular complexity index is 638. The molecule has 0 spiro atoms. The lowest BCUT2D eigenvalue weighted by atomic mass is 10.0. The van der Waals surface area contributed by atoms with Crippen molar-refractivity contribution >= 4 is 17.6 Å². The summed E-state index contributed by atoms with van der Waals surface area (Å²) >= 11 is 0. The number of urea groups is 1. The number of imide groups is 1. The molecule has 3 rings (SSSR count). The Kier molecular flexibility index (Phi) is 2.76. The lowest BCUT2D eigenvalue weighted by Gasteiger charge is -2.17. The summed E-state index contributed by atoms with van der Waals surface area (Å²) in [5.74, 6) is -0.270. The lowest BCUT2D eigenvalue weighted by molar-refractivity contribution is -0.117. The third-order valence-corrected chi connectivity index (χ3v) is 3.07. The fraction of sp³-hybridized carbons (Fsp3) is 0.0667. The fourth-order valence-corrected chi connectivity index (χ4v) is 2.21. The Morgan fingerprint density at radius 3 is 2.26 bits per heavy atom. The summed E-state index contributed by atoms with van der Waals surface area (Å²) in [5, 5.41) is 2.29. The number of benzene rings is 2. The van der Waals surface area contributed by atoms with E-state index in [0.29, 0.717) is 0 Å². The third kappa shape index (κ3) is 2.08. The molecule has 0 bridgehead atoms. The molecular weight excluding hydrogens is 240 g/mol. The topological polar surface area (TPSA) is 49.4 Å². The van der Waals surface area contributed by atoms with Gasteiger partial charge in [-0.25, -0.2) is 4.79 Å². The van der Waals surface area contributed by atoms with Crippen LogP contribution < -0.4 is 10.2 Å². The molecule has 19 heavy (non-hydrogen) atoms. The molecule has 2 aromatic carbocycles. The smallest absolute Gasteiger partial charge is 0.284 e. The highest BCUT2D eigenvalue weighted by Crippen LogP contribution is 2.31. The average Bonchev–Trinajstić information content (AvgIpc) is 2.79. The summed E-state index contributed by atoms with van der Waals surface area (Å²) in [6, 6.07) is 17.0. The van der Waals surface area contributed by atoms with Gasteiger partial charge in [0.15, 0.2) is 0 Å². The predicted molar refractivity (Wildman–Crippen MR) is 72.8 cm³/mol. The van der Waals surface area contributed by atoms with Crippen molar-refractivity contribution in [2.75, 3.05) is 11.4 Å². The van der Waals surface area contributed by atoms with Crippen LogP contribution in [-0.4, -0.2) is 18.5 Å². The number of nitrogens with zero attached hydrogens (tertiary/aromatic N) is 1. The first-order valence-corrected chi connectivity index (χ1v) is 6.01. The highest BCUT2D eigenvalue weighted by Gasteiger charge is 2.29. The Morgan fingerprint density at radius 1 is 0.895 bits per heavy atom. The quantitative estimate of drug-likeness (QED) is 0.834. The van der Waals surface area contributed by atoms with E-state index in [9.17, 15) is 9.59 Å². The normalized spacial score (nSPS) is 14.6. The minimum Gasteiger partial charge on any atom is -0.284 e. The van der Waals surface area contributed by atoms with Gasteiger partial charge in [0.1, 0.15) is 6.54 Å². The van der Waals surface area contributed by atoms with Crippen molar-refractivity contribution in [3.8, 4) is 11.1 Å². The zero-order valence-electron chi connectivity index (χ0n) is 10.2. The van der Waals surface area contributed by atoms with E-state index in [2.05, 4.69) is 5.32 Å². The molecule has 2 aromatic rings. The largest absolute Gasteiger partial charge is 0.329 e. The maximum atomic E-state index is 11.8. The van der Waals surface area contributed by atoms with Gasteiger partial charge in [-0.15, -0.1) is 0 Å². The van der Waals surface area contributed by atoms with Crippen LogP contribution in [0.1, 0.15) is 0 Å². The lowest BCUT2D eigenvalue weighted by Crippen LogP contribution is -2.28. The molecule has 1 aliphatic heterocycles. The molecule has 4 nitrogen and oxygen atoms in total. The van der Waals surface area contributed by atoms with Gasteiger partial charge in [0.2, 0.25) is 5.91 Å². The fourth-order valence-electron chi connectivity index (χ4n) is 2.21. The molecule has 0 aliphatic carbocycles. The molecule has 0 radical (unpaired) electrons. The van der Waals surface area contributed by atoms with E-state index >= 15 is 0 Å². The zero-order valence-corrected chi connectivity index (χ0v) is 10.2. The van der Waals surface area contributed by atoms with E-state index in [-0.39, 0.29) is 18.5 Å². The highest BCUT2D eigenvalue weighted by molar-refractivity contribution is 6.13. The average molecular weight is 252 g/mol. The van der Waals surface area contributed by atoms with E-state index < -0.39 is 0 Å². The van der Waals surface area contributed by atoms with Crippen LogP contribution in [-0.2, 0) is 4.79 Å². The van der Waals surface area contributed by atoms with Gasteiger partial charge in [-0.05, 0) is 11.6 Å². The van der Waals surface area contributed by atoms with Crippen LogP contribution in [0.15, 0.2) is 54.6 Å². The van der Waals surface area contributed by atoms with Crippen molar-refractivity contribution in [2.24, 2.45) is 0 Å². The maximum absolute atomic E-state index is 11.8. The van der Waals surface area contributed by atoms with Crippen LogP contribution in [0.4, 0.5) is 10.5 Å². The molecule has 4 heteroatoms. The zero-order chi connectivity index (χ0) is 13.2. The summed E-state index contributed by atoms with van der Waals surface area (Å²) in [4.78, 5) is 24.5. The van der Waals surface area contributed by atoms with Gasteiger partial charge in [-0.2, -0.15) is 0 Å². The second-order valence-corrected chi connectivity index (χ2v) is 4.32. The first-order valence-electron chi connectivity index (χ1n) is 6.01. The standard InChI is InChI=1S/C15H12N2O2/c18-14-10-17(15(19)16-14)13-9-5-4-8-12(13)11-6-2-1-3-7-11/h1-9H,10H2,(H,16,18,19). The van der Waals surface area contributed by atoms with Crippen LogP contribution >= 0.6 is 0 Å². The van der Waals surface area contributed by atoms with Crippen molar-refractivity contribution in [2.45, 2.75) is 0 Å². The molecule has 0 saturated carbocycles. The van der Waals surface area contributed by atoms with E-state index in [1.165, 1.54) is 4.90 Å². The molecule has 0 unspecified atom stereocenters. The minimum atomic E-state index is -0.367. The number of carbonyl (C=O) groups is 2. The van der Waals surface area contributed by atoms with Crippen LogP contribution in [0.5, 0.6) is 0 Å². The van der Waals surface area contributed by atoms with Crippen molar-refractivity contribution < 1.29 is 9.59 Å². The van der Waals surface area contributed by atoms with Crippen molar-refractivity contribution in [3.05, 3.63) is 54.6 Å². The SMILES string of the molecule is O=C1CN(c2ccccc2-c2ccccc2)C(=O)N1. The van der Waals surface area contributed by atoms with Crippen molar-refractivity contribution in [3.63, 3.8) is 0 Å². The van der Waals surface area contributed by atoms with Gasteiger partial charge in [-0.1, -0.05) is 48.5 Å². The van der Waals surface area contributed by atoms with Gasteiger partial charge in [0, 0.05) is 5.56 Å². The minimum absolute atomic E-state index is 0.0721. The Balaban J connectivity index is 2.08. The number of amides is 3. The Labute approximate surface area is 110 Å². The van der Waals surface area contributed by atoms with E-state index in [1.54, 1.807) is 0 Å². The number of carbonyl (C=O) groups excluding carboxylic acids is 2. The summed E-state index contributed by atoms with van der Waals surface area (Å²) in [7, 11) is 0. The van der Waals surface area contributed by atoms with Gasteiger partial charge >= 0.3 is 6.03 Å². The molecule has 1 aliphatic rings. The maximum Gasteiger partial charge on any atom is 0.329 e. The number of rotatable bonds is 2. The van der Waals surface area contributed by atoms with Crippen LogP contribution in [0, 0.1) is 0 Å². The number of nitrogens with one attached hydrogen (secondary N) is 1. The molecular formula is C15H12N2O2. The second-order valence-electron chi connectivity index (χ2n) is 4.32. The monoisotopic (exact) mass is 252 g/mol. The van der Waals surface area contributed by atoms with E-state index in [1.807, 2.05) is 54.6 Å².